The van der Waals surface area contributed by atoms with Gasteiger partial charge >= 0.3 is 0 Å². The first-order chi connectivity index (χ1) is 10.1. The Balaban J connectivity index is 1.69. The Morgan fingerprint density at radius 3 is 2.62 bits per heavy atom. The number of carbonyl (C=O) groups is 1. The minimum absolute atomic E-state index is 0.0647. The predicted molar refractivity (Wildman–Crippen MR) is 85.2 cm³/mol. The van der Waals surface area contributed by atoms with Crippen LogP contribution in [0.2, 0.25) is 0 Å². The number of amidine groups is 1. The number of allylic oxidation sites excluding steroid dienone is 1. The van der Waals surface area contributed by atoms with E-state index in [0.717, 1.165) is 24.6 Å². The molecule has 21 heavy (non-hydrogen) atoms. The van der Waals surface area contributed by atoms with Crippen LogP contribution in [0.5, 0.6) is 0 Å². The van der Waals surface area contributed by atoms with Crippen LogP contribution in [0, 0.1) is 11.8 Å². The normalized spacial score (nSPS) is 18.1. The van der Waals surface area contributed by atoms with Gasteiger partial charge in [-0.1, -0.05) is 32.0 Å². The van der Waals surface area contributed by atoms with Gasteiger partial charge in [0, 0.05) is 17.7 Å². The van der Waals surface area contributed by atoms with Crippen molar-refractivity contribution in [2.24, 2.45) is 16.8 Å². The highest BCUT2D eigenvalue weighted by atomic mass is 16.1. The van der Waals surface area contributed by atoms with E-state index in [1.807, 2.05) is 30.3 Å². The molecule has 0 atom stereocenters. The summed E-state index contributed by atoms with van der Waals surface area (Å²) in [5.74, 6) is 2.06. The minimum Gasteiger partial charge on any atom is -0.310 e. The van der Waals surface area contributed by atoms with Gasteiger partial charge in [-0.2, -0.15) is 0 Å². The number of hydrogen-bond donors (Lipinski definition) is 1. The minimum atomic E-state index is -0.0647. The third-order valence-corrected chi connectivity index (χ3v) is 4.17. The zero-order chi connectivity index (χ0) is 14.8. The van der Waals surface area contributed by atoms with Gasteiger partial charge in [-0.3, -0.25) is 4.79 Å². The van der Waals surface area contributed by atoms with E-state index in [9.17, 15) is 4.79 Å². The molecule has 1 amide bonds. The smallest absolute Gasteiger partial charge is 0.256 e. The molecule has 1 fully saturated rings. The van der Waals surface area contributed by atoms with Crippen molar-refractivity contribution in [3.05, 3.63) is 47.2 Å². The Morgan fingerprint density at radius 1 is 1.29 bits per heavy atom. The first-order valence-electron chi connectivity index (χ1n) is 7.79. The predicted octanol–water partition coefficient (Wildman–Crippen LogP) is 3.93. The van der Waals surface area contributed by atoms with Crippen molar-refractivity contribution in [2.75, 3.05) is 0 Å². The summed E-state index contributed by atoms with van der Waals surface area (Å²) in [6.45, 7) is 4.42. The van der Waals surface area contributed by atoms with Gasteiger partial charge in [-0.05, 0) is 48.8 Å². The van der Waals surface area contributed by atoms with Crippen LogP contribution in [0.4, 0.5) is 0 Å². The van der Waals surface area contributed by atoms with Crippen molar-refractivity contribution in [3.63, 3.8) is 0 Å². The summed E-state index contributed by atoms with van der Waals surface area (Å²) < 4.78 is 0. The quantitative estimate of drug-likeness (QED) is 0.893. The molecular formula is C18H22N2O. The molecule has 2 aliphatic rings. The molecule has 3 nitrogen and oxygen atoms in total. The second kappa shape index (κ2) is 5.84. The fraction of sp³-hybridized carbons (Fsp3) is 0.444. The second-order valence-electron chi connectivity index (χ2n) is 6.33. The van der Waals surface area contributed by atoms with Crippen LogP contribution in [0.15, 0.2) is 46.6 Å². The van der Waals surface area contributed by atoms with Crippen LogP contribution in [-0.2, 0) is 0 Å². The molecule has 0 aromatic heterocycles. The number of hydrogen-bond acceptors (Lipinski definition) is 2. The molecule has 1 aliphatic heterocycles. The van der Waals surface area contributed by atoms with E-state index in [-0.39, 0.29) is 5.91 Å². The maximum absolute atomic E-state index is 12.2. The summed E-state index contributed by atoms with van der Waals surface area (Å²) in [5, 5.41) is 2.97. The van der Waals surface area contributed by atoms with Gasteiger partial charge in [0.05, 0.1) is 0 Å². The van der Waals surface area contributed by atoms with Crippen LogP contribution in [0.3, 0.4) is 0 Å². The van der Waals surface area contributed by atoms with Crippen LogP contribution < -0.4 is 5.32 Å². The zero-order valence-corrected chi connectivity index (χ0v) is 12.7. The van der Waals surface area contributed by atoms with Crippen LogP contribution in [0.25, 0.3) is 0 Å². The van der Waals surface area contributed by atoms with Gasteiger partial charge < -0.3 is 5.32 Å². The van der Waals surface area contributed by atoms with Crippen molar-refractivity contribution in [2.45, 2.75) is 39.5 Å². The Hall–Kier alpha value is -1.90. The molecule has 0 saturated heterocycles. The summed E-state index contributed by atoms with van der Waals surface area (Å²) in [6.07, 6.45) is 4.53. The van der Waals surface area contributed by atoms with Gasteiger partial charge in [0.1, 0.15) is 5.84 Å². The van der Waals surface area contributed by atoms with Crippen LogP contribution >= 0.6 is 0 Å². The summed E-state index contributed by atoms with van der Waals surface area (Å²) >= 11 is 0. The SMILES string of the molecule is CC(C)C1=C(CC2CC2)N=C(NC(=O)c2ccccc2)C1. The van der Waals surface area contributed by atoms with E-state index in [4.69, 9.17) is 4.99 Å². The number of carbonyl (C=O) groups excluding carboxylic acids is 1. The van der Waals surface area contributed by atoms with Crippen molar-refractivity contribution >= 4 is 11.7 Å². The van der Waals surface area contributed by atoms with Gasteiger partial charge in [0.2, 0.25) is 0 Å². The third-order valence-electron chi connectivity index (χ3n) is 4.17. The van der Waals surface area contributed by atoms with Crippen molar-refractivity contribution in [1.82, 2.24) is 5.32 Å². The highest BCUT2D eigenvalue weighted by Gasteiger charge is 2.28. The number of benzene rings is 1. The maximum atomic E-state index is 12.2. The fourth-order valence-corrected chi connectivity index (χ4v) is 2.73. The molecule has 1 saturated carbocycles. The molecule has 1 aliphatic carbocycles. The Labute approximate surface area is 126 Å². The second-order valence-corrected chi connectivity index (χ2v) is 6.33. The lowest BCUT2D eigenvalue weighted by Gasteiger charge is -2.09. The average molecular weight is 282 g/mol. The Morgan fingerprint density at radius 2 is 2.00 bits per heavy atom. The van der Waals surface area contributed by atoms with Crippen molar-refractivity contribution in [3.8, 4) is 0 Å². The lowest BCUT2D eigenvalue weighted by molar-refractivity contribution is 0.0976. The molecule has 1 heterocycles. The maximum Gasteiger partial charge on any atom is 0.256 e. The van der Waals surface area contributed by atoms with E-state index < -0.39 is 0 Å². The number of rotatable bonds is 4. The molecular weight excluding hydrogens is 260 g/mol. The Kier molecular flexibility index (Phi) is 3.91. The topological polar surface area (TPSA) is 41.5 Å². The van der Waals surface area contributed by atoms with Gasteiger partial charge in [-0.15, -0.1) is 0 Å². The lowest BCUT2D eigenvalue weighted by atomic mass is 9.97. The molecule has 1 aromatic rings. The number of nitrogens with one attached hydrogen (secondary N) is 1. The molecule has 0 unspecified atom stereocenters. The average Bonchev–Trinajstić information content (AvgIpc) is 3.19. The number of nitrogens with zero attached hydrogens (tertiary/aromatic N) is 1. The Bertz CT molecular complexity index is 595. The van der Waals surface area contributed by atoms with Gasteiger partial charge in [0.15, 0.2) is 0 Å². The summed E-state index contributed by atoms with van der Waals surface area (Å²) in [5.41, 5.74) is 3.29. The number of amides is 1. The van der Waals surface area contributed by atoms with E-state index in [1.54, 1.807) is 0 Å². The van der Waals surface area contributed by atoms with Gasteiger partial charge in [-0.25, -0.2) is 4.99 Å². The molecule has 3 heteroatoms. The molecule has 110 valence electrons. The van der Waals surface area contributed by atoms with E-state index in [0.29, 0.717) is 11.5 Å². The third kappa shape index (κ3) is 3.41. The molecule has 1 aromatic carbocycles. The summed E-state index contributed by atoms with van der Waals surface area (Å²) in [7, 11) is 0. The number of aliphatic imine (C=N–C) groups is 1. The van der Waals surface area contributed by atoms with Crippen LogP contribution in [0.1, 0.15) is 49.9 Å². The van der Waals surface area contributed by atoms with Crippen molar-refractivity contribution in [1.29, 1.82) is 0 Å². The molecule has 0 radical (unpaired) electrons. The molecule has 3 rings (SSSR count). The highest BCUT2D eigenvalue weighted by molar-refractivity contribution is 6.07. The largest absolute Gasteiger partial charge is 0.310 e. The lowest BCUT2D eigenvalue weighted by Crippen LogP contribution is -2.29. The summed E-state index contributed by atoms with van der Waals surface area (Å²) in [6, 6.07) is 9.32. The van der Waals surface area contributed by atoms with Gasteiger partial charge in [0.25, 0.3) is 5.91 Å². The van der Waals surface area contributed by atoms with Crippen molar-refractivity contribution < 1.29 is 4.79 Å². The zero-order valence-electron chi connectivity index (χ0n) is 12.7. The highest BCUT2D eigenvalue weighted by Crippen LogP contribution is 2.39. The molecule has 1 N–H and O–H groups in total. The first kappa shape index (κ1) is 14.1. The summed E-state index contributed by atoms with van der Waals surface area (Å²) in [4.78, 5) is 16.9. The first-order valence-corrected chi connectivity index (χ1v) is 7.79. The standard InChI is InChI=1S/C18H22N2O/c1-12(2)15-11-17(19-16(15)10-13-8-9-13)20-18(21)14-6-4-3-5-7-14/h3-7,12-13H,8-11H2,1-2H3,(H,19,20,21). The van der Waals surface area contributed by atoms with E-state index >= 15 is 0 Å². The fourth-order valence-electron chi connectivity index (χ4n) is 2.73. The molecule has 0 bridgehead atoms. The molecule has 0 spiro atoms. The van der Waals surface area contributed by atoms with E-state index in [1.165, 1.54) is 24.1 Å². The monoisotopic (exact) mass is 282 g/mol. The van der Waals surface area contributed by atoms with Crippen LogP contribution in [-0.4, -0.2) is 11.7 Å². The van der Waals surface area contributed by atoms with E-state index in [2.05, 4.69) is 19.2 Å².